The van der Waals surface area contributed by atoms with Crippen LogP contribution in [-0.2, 0) is 31.1 Å². The quantitative estimate of drug-likeness (QED) is 0.601. The lowest BCUT2D eigenvalue weighted by Gasteiger charge is -2.14. The van der Waals surface area contributed by atoms with Crippen LogP contribution < -0.4 is 10.9 Å². The molecule has 168 valence electrons. The third kappa shape index (κ3) is 4.49. The summed E-state index contributed by atoms with van der Waals surface area (Å²) in [4.78, 5) is 32.9. The second kappa shape index (κ2) is 9.06. The average molecular weight is 438 g/mol. The van der Waals surface area contributed by atoms with E-state index in [0.717, 1.165) is 23.5 Å². The van der Waals surface area contributed by atoms with E-state index in [1.807, 2.05) is 25.6 Å². The molecule has 1 unspecified atom stereocenters. The highest BCUT2D eigenvalue weighted by Gasteiger charge is 2.25. The van der Waals surface area contributed by atoms with Crippen molar-refractivity contribution in [2.45, 2.75) is 46.0 Å². The zero-order valence-electron chi connectivity index (χ0n) is 18.7. The summed E-state index contributed by atoms with van der Waals surface area (Å²) in [5.41, 5.74) is 5.13. The van der Waals surface area contributed by atoms with Crippen molar-refractivity contribution < 1.29 is 9.18 Å². The maximum absolute atomic E-state index is 13.2. The van der Waals surface area contributed by atoms with Crippen molar-refractivity contribution in [3.05, 3.63) is 68.6 Å². The first-order chi connectivity index (χ1) is 15.3. The Hall–Kier alpha value is -3.29. The largest absolute Gasteiger partial charge is 0.356 e. The van der Waals surface area contributed by atoms with Crippen LogP contribution >= 0.6 is 0 Å². The molecule has 1 amide bonds. The molecule has 2 heterocycles. The molecule has 1 aliphatic carbocycles. The fourth-order valence-corrected chi connectivity index (χ4v) is 4.42. The van der Waals surface area contributed by atoms with Gasteiger partial charge in [0.2, 0.25) is 5.91 Å². The van der Waals surface area contributed by atoms with Crippen molar-refractivity contribution in [2.75, 3.05) is 6.54 Å². The number of aromatic amines is 1. The molecule has 0 aliphatic heterocycles. The van der Waals surface area contributed by atoms with Gasteiger partial charge < -0.3 is 10.3 Å². The van der Waals surface area contributed by atoms with Crippen LogP contribution in [0.5, 0.6) is 0 Å². The highest BCUT2D eigenvalue weighted by atomic mass is 19.1. The monoisotopic (exact) mass is 437 g/mol. The fourth-order valence-electron chi connectivity index (χ4n) is 4.42. The van der Waals surface area contributed by atoms with Crippen molar-refractivity contribution in [3.63, 3.8) is 0 Å². The molecule has 2 aromatic heterocycles. The molecule has 0 fully saturated rings. The van der Waals surface area contributed by atoms with E-state index in [-0.39, 0.29) is 23.2 Å². The molecule has 0 spiro atoms. The first-order valence-corrected chi connectivity index (χ1v) is 11.0. The molecule has 0 saturated heterocycles. The van der Waals surface area contributed by atoms with Crippen molar-refractivity contribution in [2.24, 2.45) is 13.0 Å². The summed E-state index contributed by atoms with van der Waals surface area (Å²) in [6.45, 7) is 4.57. The molecule has 7 nitrogen and oxygen atoms in total. The fraction of sp³-hybridized carbons (Fsp3) is 0.417. The molecule has 0 bridgehead atoms. The second-order valence-corrected chi connectivity index (χ2v) is 8.43. The number of nitrogens with zero attached hydrogens (tertiary/aromatic N) is 3. The lowest BCUT2D eigenvalue weighted by Crippen LogP contribution is -2.32. The normalized spacial score (nSPS) is 15.8. The number of hydrogen-bond donors (Lipinski definition) is 2. The Morgan fingerprint density at radius 3 is 2.62 bits per heavy atom. The predicted octanol–water partition coefficient (Wildman–Crippen LogP) is 2.78. The van der Waals surface area contributed by atoms with Crippen LogP contribution in [0.2, 0.25) is 0 Å². The summed E-state index contributed by atoms with van der Waals surface area (Å²) in [7, 11) is 1.92. The van der Waals surface area contributed by atoms with Gasteiger partial charge in [-0.15, -0.1) is 0 Å². The third-order valence-electron chi connectivity index (χ3n) is 6.40. The van der Waals surface area contributed by atoms with E-state index in [2.05, 4.69) is 20.4 Å². The van der Waals surface area contributed by atoms with E-state index >= 15 is 0 Å². The third-order valence-corrected chi connectivity index (χ3v) is 6.40. The van der Waals surface area contributed by atoms with Crippen LogP contribution in [0.3, 0.4) is 0 Å². The Kier molecular flexibility index (Phi) is 6.21. The molecular formula is C24H28FN5O2. The molecule has 0 radical (unpaired) electrons. The SMILES string of the molecule is Cc1nn(C)c(C)c1CCNC(=O)C1CCc2nc(-c3ccc(F)cc3)[nH]c(=O)c2CC1. The molecule has 1 aromatic carbocycles. The van der Waals surface area contributed by atoms with Gasteiger partial charge in [0.25, 0.3) is 5.56 Å². The number of halogens is 1. The Morgan fingerprint density at radius 1 is 1.22 bits per heavy atom. The zero-order valence-corrected chi connectivity index (χ0v) is 18.7. The van der Waals surface area contributed by atoms with Crippen LogP contribution in [0.25, 0.3) is 11.4 Å². The van der Waals surface area contributed by atoms with Gasteiger partial charge in [-0.25, -0.2) is 9.37 Å². The molecule has 0 saturated carbocycles. The van der Waals surface area contributed by atoms with Crippen LogP contribution in [0.4, 0.5) is 4.39 Å². The maximum Gasteiger partial charge on any atom is 0.254 e. The number of carbonyl (C=O) groups excluding carboxylic acids is 1. The molecule has 8 heteroatoms. The van der Waals surface area contributed by atoms with E-state index in [1.165, 1.54) is 17.7 Å². The predicted molar refractivity (Wildman–Crippen MR) is 120 cm³/mol. The minimum absolute atomic E-state index is 0.0205. The van der Waals surface area contributed by atoms with Crippen LogP contribution in [-0.4, -0.2) is 32.2 Å². The van der Waals surface area contributed by atoms with Crippen molar-refractivity contribution >= 4 is 5.91 Å². The van der Waals surface area contributed by atoms with Gasteiger partial charge in [0.05, 0.1) is 11.4 Å². The summed E-state index contributed by atoms with van der Waals surface area (Å²) in [5.74, 6) is -0.0476. The number of aromatic nitrogens is 4. The minimum Gasteiger partial charge on any atom is -0.356 e. The highest BCUT2D eigenvalue weighted by molar-refractivity contribution is 5.78. The number of rotatable bonds is 5. The highest BCUT2D eigenvalue weighted by Crippen LogP contribution is 2.24. The van der Waals surface area contributed by atoms with Gasteiger partial charge in [0.15, 0.2) is 0 Å². The summed E-state index contributed by atoms with van der Waals surface area (Å²) < 4.78 is 15.1. The summed E-state index contributed by atoms with van der Waals surface area (Å²) in [5, 5.41) is 7.48. The molecule has 1 atom stereocenters. The molecule has 2 N–H and O–H groups in total. The van der Waals surface area contributed by atoms with Gasteiger partial charge in [0.1, 0.15) is 11.6 Å². The van der Waals surface area contributed by atoms with E-state index in [4.69, 9.17) is 0 Å². The average Bonchev–Trinajstić information content (AvgIpc) is 2.93. The van der Waals surface area contributed by atoms with Crippen molar-refractivity contribution in [3.8, 4) is 11.4 Å². The Morgan fingerprint density at radius 2 is 1.94 bits per heavy atom. The van der Waals surface area contributed by atoms with E-state index in [0.29, 0.717) is 49.2 Å². The smallest absolute Gasteiger partial charge is 0.254 e. The summed E-state index contributed by atoms with van der Waals surface area (Å²) in [6, 6.07) is 5.88. The van der Waals surface area contributed by atoms with E-state index < -0.39 is 0 Å². The van der Waals surface area contributed by atoms with Gasteiger partial charge in [0, 0.05) is 36.3 Å². The van der Waals surface area contributed by atoms with Crippen molar-refractivity contribution in [1.82, 2.24) is 25.1 Å². The Labute approximate surface area is 186 Å². The van der Waals surface area contributed by atoms with Crippen LogP contribution in [0.1, 0.15) is 41.1 Å². The van der Waals surface area contributed by atoms with Crippen molar-refractivity contribution in [1.29, 1.82) is 0 Å². The molecular weight excluding hydrogens is 409 g/mol. The Bertz CT molecular complexity index is 1200. The van der Waals surface area contributed by atoms with Crippen LogP contribution in [0, 0.1) is 25.6 Å². The lowest BCUT2D eigenvalue weighted by molar-refractivity contribution is -0.125. The number of H-pyrrole nitrogens is 1. The molecule has 3 aromatic rings. The van der Waals surface area contributed by atoms with Gasteiger partial charge in [-0.2, -0.15) is 5.10 Å². The number of amides is 1. The summed E-state index contributed by atoms with van der Waals surface area (Å²) in [6.07, 6.45) is 3.08. The standard InChI is InChI=1S/C24H28FN5O2/c1-14-19(15(2)30(3)29-14)12-13-26-23(31)17-6-10-20-21(11-7-17)27-22(28-24(20)32)16-4-8-18(25)9-5-16/h4-5,8-9,17H,6-7,10-13H2,1-3H3,(H,26,31)(H,27,28,32). The molecule has 4 rings (SSSR count). The number of carbonyl (C=O) groups is 1. The van der Waals surface area contributed by atoms with E-state index in [1.54, 1.807) is 12.1 Å². The zero-order chi connectivity index (χ0) is 22.8. The molecule has 1 aliphatic rings. The number of benzene rings is 1. The number of nitrogens with one attached hydrogen (secondary N) is 2. The maximum atomic E-state index is 13.2. The molecule has 32 heavy (non-hydrogen) atoms. The number of fused-ring (bicyclic) bond motifs is 1. The second-order valence-electron chi connectivity index (χ2n) is 8.43. The van der Waals surface area contributed by atoms with Gasteiger partial charge in [-0.1, -0.05) is 0 Å². The van der Waals surface area contributed by atoms with Gasteiger partial charge in [-0.3, -0.25) is 14.3 Å². The first kappa shape index (κ1) is 21.9. The topological polar surface area (TPSA) is 92.7 Å². The number of hydrogen-bond acceptors (Lipinski definition) is 4. The lowest BCUT2D eigenvalue weighted by atomic mass is 9.98. The first-order valence-electron chi connectivity index (χ1n) is 11.0. The Balaban J connectivity index is 1.41. The number of aryl methyl sites for hydroxylation is 3. The van der Waals surface area contributed by atoms with Crippen LogP contribution in [0.15, 0.2) is 29.1 Å². The minimum atomic E-state index is -0.339. The van der Waals surface area contributed by atoms with E-state index in [9.17, 15) is 14.0 Å². The van der Waals surface area contributed by atoms with Gasteiger partial charge >= 0.3 is 0 Å². The summed E-state index contributed by atoms with van der Waals surface area (Å²) >= 11 is 0. The van der Waals surface area contributed by atoms with Gasteiger partial charge in [-0.05, 0) is 75.8 Å².